The van der Waals surface area contributed by atoms with Crippen LogP contribution in [0, 0.1) is 0 Å². The van der Waals surface area contributed by atoms with Crippen molar-refractivity contribution in [2.45, 2.75) is 39.0 Å². The number of carbonyl (C=O) groups excluding carboxylic acids is 1. The lowest BCUT2D eigenvalue weighted by Gasteiger charge is -2.18. The molecule has 2 nitrogen and oxygen atoms in total. The number of benzene rings is 2. The molecule has 0 aliphatic heterocycles. The van der Waals surface area contributed by atoms with Crippen LogP contribution in [0.4, 0.5) is 5.69 Å². The fourth-order valence-corrected chi connectivity index (χ4v) is 2.39. The maximum absolute atomic E-state index is 12.5. The molecule has 1 N–H and O–H groups in total. The van der Waals surface area contributed by atoms with E-state index in [4.69, 9.17) is 0 Å². The molecule has 2 heteroatoms. The number of hydrogen-bond acceptors (Lipinski definition) is 1. The van der Waals surface area contributed by atoms with Crippen LogP contribution in [-0.4, -0.2) is 5.91 Å². The molecule has 0 aliphatic carbocycles. The molecule has 2 atom stereocenters. The van der Waals surface area contributed by atoms with Crippen molar-refractivity contribution in [3.63, 3.8) is 0 Å². The van der Waals surface area contributed by atoms with Crippen molar-refractivity contribution in [1.29, 1.82) is 0 Å². The van der Waals surface area contributed by atoms with Crippen molar-refractivity contribution in [3.8, 4) is 0 Å². The molecular weight excluding hydrogens is 258 g/mol. The highest BCUT2D eigenvalue weighted by Gasteiger charge is 2.17. The Morgan fingerprint density at radius 3 is 2.29 bits per heavy atom. The third kappa shape index (κ3) is 3.72. The first kappa shape index (κ1) is 15.3. The molecule has 1 amide bonds. The van der Waals surface area contributed by atoms with E-state index >= 15 is 0 Å². The maximum Gasteiger partial charge on any atom is 0.231 e. The fraction of sp³-hybridized carbons (Fsp3) is 0.316. The van der Waals surface area contributed by atoms with Crippen LogP contribution in [0.25, 0.3) is 0 Å². The molecule has 2 aromatic carbocycles. The number of nitrogens with one attached hydrogen (secondary N) is 1. The van der Waals surface area contributed by atoms with E-state index in [1.165, 1.54) is 5.56 Å². The van der Waals surface area contributed by atoms with Gasteiger partial charge in [0.05, 0.1) is 5.92 Å². The molecule has 0 fully saturated rings. The van der Waals surface area contributed by atoms with Gasteiger partial charge in [-0.1, -0.05) is 62.4 Å². The summed E-state index contributed by atoms with van der Waals surface area (Å²) >= 11 is 0. The number of hydrogen-bond donors (Lipinski definition) is 1. The molecule has 0 aromatic heterocycles. The molecule has 2 rings (SSSR count). The van der Waals surface area contributed by atoms with Gasteiger partial charge in [-0.3, -0.25) is 4.79 Å². The van der Waals surface area contributed by atoms with Crippen molar-refractivity contribution < 1.29 is 4.79 Å². The minimum atomic E-state index is -0.156. The van der Waals surface area contributed by atoms with Crippen molar-refractivity contribution in [3.05, 3.63) is 65.7 Å². The third-order valence-electron chi connectivity index (χ3n) is 4.05. The standard InChI is InChI=1S/C19H23NO/c1-4-14(2)17-12-8-9-13-18(17)20-19(21)15(3)16-10-6-5-7-11-16/h5-15H,4H2,1-3H3,(H,20,21)/t14-,15+/m0/s1. The molecule has 0 heterocycles. The molecule has 0 aliphatic rings. The topological polar surface area (TPSA) is 29.1 Å². The maximum atomic E-state index is 12.5. The van der Waals surface area contributed by atoms with Gasteiger partial charge in [0.2, 0.25) is 5.91 Å². The second kappa shape index (κ2) is 7.07. The first-order chi connectivity index (χ1) is 10.1. The number of amides is 1. The minimum absolute atomic E-state index is 0.0388. The minimum Gasteiger partial charge on any atom is -0.325 e. The summed E-state index contributed by atoms with van der Waals surface area (Å²) in [5, 5.41) is 3.09. The lowest BCUT2D eigenvalue weighted by molar-refractivity contribution is -0.117. The first-order valence-electron chi connectivity index (χ1n) is 7.58. The summed E-state index contributed by atoms with van der Waals surface area (Å²) < 4.78 is 0. The van der Waals surface area contributed by atoms with Crippen molar-refractivity contribution >= 4 is 11.6 Å². The predicted octanol–water partition coefficient (Wildman–Crippen LogP) is 4.94. The van der Waals surface area contributed by atoms with E-state index in [2.05, 4.69) is 25.2 Å². The van der Waals surface area contributed by atoms with Crippen LogP contribution in [0.5, 0.6) is 0 Å². The summed E-state index contributed by atoms with van der Waals surface area (Å²) in [5.41, 5.74) is 3.17. The van der Waals surface area contributed by atoms with Gasteiger partial charge in [-0.2, -0.15) is 0 Å². The van der Waals surface area contributed by atoms with Crippen LogP contribution >= 0.6 is 0 Å². The second-order valence-electron chi connectivity index (χ2n) is 5.52. The van der Waals surface area contributed by atoms with E-state index in [1.54, 1.807) is 0 Å². The highest BCUT2D eigenvalue weighted by Crippen LogP contribution is 2.27. The molecule has 0 bridgehead atoms. The average molecular weight is 281 g/mol. The molecule has 0 radical (unpaired) electrons. The van der Waals surface area contributed by atoms with E-state index in [1.807, 2.05) is 55.5 Å². The van der Waals surface area contributed by atoms with E-state index in [-0.39, 0.29) is 11.8 Å². The fourth-order valence-electron chi connectivity index (χ4n) is 2.39. The molecule has 2 aromatic rings. The molecule has 110 valence electrons. The third-order valence-corrected chi connectivity index (χ3v) is 4.05. The van der Waals surface area contributed by atoms with Crippen LogP contribution in [0.3, 0.4) is 0 Å². The van der Waals surface area contributed by atoms with Crippen LogP contribution < -0.4 is 5.32 Å². The Hall–Kier alpha value is -2.09. The van der Waals surface area contributed by atoms with Gasteiger partial charge >= 0.3 is 0 Å². The van der Waals surface area contributed by atoms with Crippen molar-refractivity contribution in [2.75, 3.05) is 5.32 Å². The summed E-state index contributed by atoms with van der Waals surface area (Å²) in [4.78, 5) is 12.5. The Balaban J connectivity index is 2.17. The van der Waals surface area contributed by atoms with Gasteiger partial charge in [-0.05, 0) is 36.5 Å². The van der Waals surface area contributed by atoms with Crippen LogP contribution in [0.2, 0.25) is 0 Å². The van der Waals surface area contributed by atoms with Gasteiger partial charge in [0.15, 0.2) is 0 Å². The zero-order valence-electron chi connectivity index (χ0n) is 13.0. The number of carbonyl (C=O) groups is 1. The largest absolute Gasteiger partial charge is 0.325 e. The lowest BCUT2D eigenvalue weighted by Crippen LogP contribution is -2.20. The first-order valence-corrected chi connectivity index (χ1v) is 7.58. The van der Waals surface area contributed by atoms with Gasteiger partial charge < -0.3 is 5.32 Å². The van der Waals surface area contributed by atoms with Gasteiger partial charge in [0, 0.05) is 5.69 Å². The highest BCUT2D eigenvalue weighted by molar-refractivity contribution is 5.96. The smallest absolute Gasteiger partial charge is 0.231 e. The summed E-state index contributed by atoms with van der Waals surface area (Å²) in [6.45, 7) is 6.29. The zero-order chi connectivity index (χ0) is 15.2. The summed E-state index contributed by atoms with van der Waals surface area (Å²) in [6.07, 6.45) is 1.06. The van der Waals surface area contributed by atoms with Crippen molar-refractivity contribution in [2.24, 2.45) is 0 Å². The molecule has 0 spiro atoms. The number of anilines is 1. The Bertz CT molecular complexity index is 592. The van der Waals surface area contributed by atoms with E-state index in [0.29, 0.717) is 5.92 Å². The molecule has 0 saturated heterocycles. The van der Waals surface area contributed by atoms with Gasteiger partial charge in [0.25, 0.3) is 0 Å². The quantitative estimate of drug-likeness (QED) is 0.826. The predicted molar refractivity (Wildman–Crippen MR) is 88.6 cm³/mol. The molecule has 0 saturated carbocycles. The highest BCUT2D eigenvalue weighted by atomic mass is 16.1. The second-order valence-corrected chi connectivity index (χ2v) is 5.52. The van der Waals surface area contributed by atoms with Gasteiger partial charge in [-0.15, -0.1) is 0 Å². The Kier molecular flexibility index (Phi) is 5.15. The summed E-state index contributed by atoms with van der Waals surface area (Å²) in [5.74, 6) is 0.321. The van der Waals surface area contributed by atoms with E-state index in [0.717, 1.165) is 17.7 Å². The average Bonchev–Trinajstić information content (AvgIpc) is 2.54. The van der Waals surface area contributed by atoms with E-state index < -0.39 is 0 Å². The Morgan fingerprint density at radius 1 is 1.00 bits per heavy atom. The normalized spacial score (nSPS) is 13.5. The summed E-state index contributed by atoms with van der Waals surface area (Å²) in [6, 6.07) is 17.9. The molecular formula is C19H23NO. The van der Waals surface area contributed by atoms with Crippen molar-refractivity contribution in [1.82, 2.24) is 0 Å². The summed E-state index contributed by atoms with van der Waals surface area (Å²) in [7, 11) is 0. The van der Waals surface area contributed by atoms with E-state index in [9.17, 15) is 4.79 Å². The van der Waals surface area contributed by atoms with Crippen LogP contribution in [0.15, 0.2) is 54.6 Å². The van der Waals surface area contributed by atoms with Gasteiger partial charge in [-0.25, -0.2) is 0 Å². The van der Waals surface area contributed by atoms with Gasteiger partial charge in [0.1, 0.15) is 0 Å². The monoisotopic (exact) mass is 281 g/mol. The molecule has 21 heavy (non-hydrogen) atoms. The Morgan fingerprint density at radius 2 is 1.62 bits per heavy atom. The van der Waals surface area contributed by atoms with Crippen LogP contribution in [0.1, 0.15) is 50.2 Å². The Labute approximate surface area is 127 Å². The number of rotatable bonds is 5. The van der Waals surface area contributed by atoms with Crippen LogP contribution in [-0.2, 0) is 4.79 Å². The zero-order valence-corrected chi connectivity index (χ0v) is 13.0. The number of para-hydroxylation sites is 1. The molecule has 0 unspecified atom stereocenters. The SMILES string of the molecule is CC[C@H](C)c1ccccc1NC(=O)[C@H](C)c1ccccc1. The lowest BCUT2D eigenvalue weighted by atomic mass is 9.96.